The molecular formula is C19H29N5OS. The molecule has 7 heteroatoms. The fourth-order valence-corrected chi connectivity index (χ4v) is 4.85. The van der Waals surface area contributed by atoms with Gasteiger partial charge in [-0.1, -0.05) is 6.92 Å². The number of nitrogens with zero attached hydrogens (tertiary/aromatic N) is 5. The lowest BCUT2D eigenvalue weighted by atomic mass is 10.2. The lowest BCUT2D eigenvalue weighted by molar-refractivity contribution is 0.0331. The van der Waals surface area contributed by atoms with Gasteiger partial charge in [-0.25, -0.2) is 9.97 Å². The minimum absolute atomic E-state index is 0.811. The molecule has 4 rings (SSSR count). The van der Waals surface area contributed by atoms with Gasteiger partial charge in [-0.05, 0) is 26.0 Å². The van der Waals surface area contributed by atoms with E-state index in [9.17, 15) is 0 Å². The predicted octanol–water partition coefficient (Wildman–Crippen LogP) is 2.28. The van der Waals surface area contributed by atoms with E-state index < -0.39 is 0 Å². The molecule has 2 saturated heterocycles. The quantitative estimate of drug-likeness (QED) is 0.817. The molecule has 2 fully saturated rings. The maximum Gasteiger partial charge on any atom is 0.146 e. The van der Waals surface area contributed by atoms with E-state index in [1.54, 1.807) is 11.3 Å². The van der Waals surface area contributed by atoms with Gasteiger partial charge in [0.2, 0.25) is 0 Å². The summed E-state index contributed by atoms with van der Waals surface area (Å²) in [6.45, 7) is 16.5. The normalized spacial score (nSPS) is 20.2. The number of ether oxygens (including phenoxy) is 1. The van der Waals surface area contributed by atoms with Crippen molar-refractivity contribution in [2.45, 2.75) is 27.3 Å². The van der Waals surface area contributed by atoms with Crippen LogP contribution in [-0.2, 0) is 11.3 Å². The number of aryl methyl sites for hydroxylation is 2. The molecule has 0 saturated carbocycles. The summed E-state index contributed by atoms with van der Waals surface area (Å²) in [7, 11) is 0. The standard InChI is InChI=1S/C19H29N5OS/c1-4-22-5-7-24(8-6-22)18-17-14(2)15(3)26-19(17)21-16(20-18)13-23-9-11-25-12-10-23/h4-13H2,1-3H3. The van der Waals surface area contributed by atoms with Crippen molar-refractivity contribution >= 4 is 27.4 Å². The Morgan fingerprint density at radius 2 is 1.69 bits per heavy atom. The Kier molecular flexibility index (Phi) is 5.40. The summed E-state index contributed by atoms with van der Waals surface area (Å²) in [6, 6.07) is 0. The van der Waals surface area contributed by atoms with E-state index in [4.69, 9.17) is 14.7 Å². The van der Waals surface area contributed by atoms with Gasteiger partial charge in [0.05, 0.1) is 25.1 Å². The zero-order chi connectivity index (χ0) is 18.1. The fourth-order valence-electron chi connectivity index (χ4n) is 3.81. The van der Waals surface area contributed by atoms with Gasteiger partial charge < -0.3 is 14.5 Å². The summed E-state index contributed by atoms with van der Waals surface area (Å²) >= 11 is 1.81. The lowest BCUT2D eigenvalue weighted by Gasteiger charge is -2.35. The van der Waals surface area contributed by atoms with E-state index in [1.165, 1.54) is 15.8 Å². The van der Waals surface area contributed by atoms with E-state index in [2.05, 4.69) is 35.5 Å². The maximum atomic E-state index is 5.47. The van der Waals surface area contributed by atoms with Crippen molar-refractivity contribution in [2.24, 2.45) is 0 Å². The zero-order valence-electron chi connectivity index (χ0n) is 16.1. The van der Waals surface area contributed by atoms with Gasteiger partial charge in [0.15, 0.2) is 0 Å². The van der Waals surface area contributed by atoms with Crippen molar-refractivity contribution in [1.82, 2.24) is 19.8 Å². The largest absolute Gasteiger partial charge is 0.379 e. The number of fused-ring (bicyclic) bond motifs is 1. The van der Waals surface area contributed by atoms with Gasteiger partial charge in [-0.2, -0.15) is 0 Å². The first kappa shape index (κ1) is 18.1. The highest BCUT2D eigenvalue weighted by Crippen LogP contribution is 2.35. The Bertz CT molecular complexity index is 763. The monoisotopic (exact) mass is 375 g/mol. The number of likely N-dealkylation sites (N-methyl/N-ethyl adjacent to an activating group) is 1. The van der Waals surface area contributed by atoms with Crippen LogP contribution in [0.2, 0.25) is 0 Å². The van der Waals surface area contributed by atoms with Crippen LogP contribution in [0.5, 0.6) is 0 Å². The van der Waals surface area contributed by atoms with Gasteiger partial charge in [0, 0.05) is 44.1 Å². The molecule has 142 valence electrons. The van der Waals surface area contributed by atoms with Gasteiger partial charge in [0.25, 0.3) is 0 Å². The lowest BCUT2D eigenvalue weighted by Crippen LogP contribution is -2.46. The SMILES string of the molecule is CCN1CCN(c2nc(CN3CCOCC3)nc3sc(C)c(C)c23)CC1. The predicted molar refractivity (Wildman–Crippen MR) is 107 cm³/mol. The molecule has 0 N–H and O–H groups in total. The van der Waals surface area contributed by atoms with Crippen LogP contribution in [0.1, 0.15) is 23.2 Å². The molecule has 6 nitrogen and oxygen atoms in total. The fraction of sp³-hybridized carbons (Fsp3) is 0.684. The van der Waals surface area contributed by atoms with Gasteiger partial charge in [-0.3, -0.25) is 4.90 Å². The van der Waals surface area contributed by atoms with E-state index in [0.717, 1.165) is 82.0 Å². The van der Waals surface area contributed by atoms with Gasteiger partial charge in [0.1, 0.15) is 16.5 Å². The smallest absolute Gasteiger partial charge is 0.146 e. The number of rotatable bonds is 4. The molecule has 26 heavy (non-hydrogen) atoms. The number of piperazine rings is 1. The molecule has 2 aromatic rings. The topological polar surface area (TPSA) is 44.7 Å². The van der Waals surface area contributed by atoms with Crippen LogP contribution in [0.15, 0.2) is 0 Å². The molecule has 0 spiro atoms. The third-order valence-corrected chi connectivity index (χ3v) is 6.74. The highest BCUT2D eigenvalue weighted by molar-refractivity contribution is 7.18. The van der Waals surface area contributed by atoms with E-state index in [-0.39, 0.29) is 0 Å². The number of hydrogen-bond acceptors (Lipinski definition) is 7. The molecule has 0 aliphatic carbocycles. The molecule has 0 bridgehead atoms. The summed E-state index contributed by atoms with van der Waals surface area (Å²) in [5.41, 5.74) is 1.34. The van der Waals surface area contributed by atoms with Crippen molar-refractivity contribution in [3.63, 3.8) is 0 Å². The summed E-state index contributed by atoms with van der Waals surface area (Å²) in [5, 5.41) is 1.27. The Morgan fingerprint density at radius 3 is 2.38 bits per heavy atom. The Hall–Kier alpha value is -1.28. The number of morpholine rings is 1. The summed E-state index contributed by atoms with van der Waals surface area (Å²) in [4.78, 5) is 19.9. The second-order valence-corrected chi connectivity index (χ2v) is 8.44. The maximum absolute atomic E-state index is 5.47. The molecule has 0 aromatic carbocycles. The Morgan fingerprint density at radius 1 is 0.962 bits per heavy atom. The molecule has 0 amide bonds. The third-order valence-electron chi connectivity index (χ3n) is 5.64. The van der Waals surface area contributed by atoms with Crippen LogP contribution < -0.4 is 4.90 Å². The van der Waals surface area contributed by atoms with Crippen LogP contribution in [0.25, 0.3) is 10.2 Å². The number of thiophene rings is 1. The molecule has 2 aliphatic rings. The summed E-state index contributed by atoms with van der Waals surface area (Å²) in [5.74, 6) is 2.10. The molecule has 4 heterocycles. The van der Waals surface area contributed by atoms with Crippen molar-refractivity contribution in [3.8, 4) is 0 Å². The van der Waals surface area contributed by atoms with Crippen LogP contribution in [0.4, 0.5) is 5.82 Å². The second kappa shape index (κ2) is 7.76. The van der Waals surface area contributed by atoms with Crippen molar-refractivity contribution in [1.29, 1.82) is 0 Å². The average Bonchev–Trinajstić information content (AvgIpc) is 2.96. The van der Waals surface area contributed by atoms with E-state index in [1.807, 2.05) is 0 Å². The molecular weight excluding hydrogens is 346 g/mol. The summed E-state index contributed by atoms with van der Waals surface area (Å²) in [6.07, 6.45) is 0. The highest BCUT2D eigenvalue weighted by Gasteiger charge is 2.23. The summed E-state index contributed by atoms with van der Waals surface area (Å²) < 4.78 is 5.47. The van der Waals surface area contributed by atoms with Gasteiger partial charge >= 0.3 is 0 Å². The molecule has 0 radical (unpaired) electrons. The second-order valence-electron chi connectivity index (χ2n) is 7.24. The van der Waals surface area contributed by atoms with Crippen LogP contribution in [0, 0.1) is 13.8 Å². The van der Waals surface area contributed by atoms with Crippen molar-refractivity contribution in [2.75, 3.05) is 63.9 Å². The first-order valence-corrected chi connectivity index (χ1v) is 10.5. The average molecular weight is 376 g/mol. The van der Waals surface area contributed by atoms with E-state index in [0.29, 0.717) is 0 Å². The number of aromatic nitrogens is 2. The van der Waals surface area contributed by atoms with Crippen molar-refractivity contribution in [3.05, 3.63) is 16.3 Å². The minimum atomic E-state index is 0.811. The van der Waals surface area contributed by atoms with Crippen molar-refractivity contribution < 1.29 is 4.74 Å². The van der Waals surface area contributed by atoms with E-state index >= 15 is 0 Å². The Balaban J connectivity index is 1.67. The van der Waals surface area contributed by atoms with Crippen LogP contribution >= 0.6 is 11.3 Å². The van der Waals surface area contributed by atoms with Gasteiger partial charge in [-0.15, -0.1) is 11.3 Å². The molecule has 0 unspecified atom stereocenters. The number of hydrogen-bond donors (Lipinski definition) is 0. The third kappa shape index (κ3) is 3.58. The number of anilines is 1. The molecule has 0 atom stereocenters. The highest BCUT2D eigenvalue weighted by atomic mass is 32.1. The minimum Gasteiger partial charge on any atom is -0.379 e. The molecule has 2 aromatic heterocycles. The molecule has 2 aliphatic heterocycles. The first-order valence-electron chi connectivity index (χ1n) is 9.69. The van der Waals surface area contributed by atoms with Crippen LogP contribution in [0.3, 0.4) is 0 Å². The van der Waals surface area contributed by atoms with Crippen LogP contribution in [-0.4, -0.2) is 78.8 Å². The first-order chi connectivity index (χ1) is 12.7. The zero-order valence-corrected chi connectivity index (χ0v) is 16.9. The Labute approximate surface area is 159 Å².